The Morgan fingerprint density at radius 2 is 1.30 bits per heavy atom. The fourth-order valence-electron chi connectivity index (χ4n) is 6.33. The highest BCUT2D eigenvalue weighted by Gasteiger charge is 2.29. The molecule has 1 aliphatic carbocycles. The van der Waals surface area contributed by atoms with Crippen LogP contribution < -0.4 is 15.4 Å². The fourth-order valence-corrected chi connectivity index (χ4v) is 6.33. The molecule has 5 rings (SSSR count). The van der Waals surface area contributed by atoms with E-state index in [4.69, 9.17) is 33.2 Å². The molecule has 0 spiro atoms. The van der Waals surface area contributed by atoms with E-state index in [1.165, 1.54) is 30.4 Å². The van der Waals surface area contributed by atoms with Crippen molar-refractivity contribution in [3.63, 3.8) is 0 Å². The van der Waals surface area contributed by atoms with Crippen molar-refractivity contribution >= 4 is 29.5 Å². The van der Waals surface area contributed by atoms with E-state index in [0.717, 1.165) is 16.7 Å². The summed E-state index contributed by atoms with van der Waals surface area (Å²) in [6, 6.07) is 26.0. The number of benzene rings is 4. The molecule has 1 aliphatic rings. The smallest absolute Gasteiger partial charge is 0.407 e. The number of azo groups is 1. The maximum Gasteiger partial charge on any atom is 0.407 e. The standard InChI is InChI=1S/C45H54N4O11/c1-45(2,3)60-44(53)47-20-21-55-22-23-56-24-25-57-26-27-58-41-29-32(50)16-18-40(41)49-48-39-17-15-31(28-37(39)42(51)54-4)10-9-19-46-43(52)59-30-38-35-13-7-5-11-33(35)34-12-6-8-14-36(34)38/h5-8,11-18,28-29,38,50H,9-10,19-27,30H2,1-4H3,(H,46,52)(H,47,53). The quantitative estimate of drug-likeness (QED) is 0.0302. The van der Waals surface area contributed by atoms with Gasteiger partial charge in [0.05, 0.1) is 52.3 Å². The van der Waals surface area contributed by atoms with Gasteiger partial charge in [0, 0.05) is 25.1 Å². The fraction of sp³-hybridized carbons (Fsp3) is 0.400. The van der Waals surface area contributed by atoms with Crippen LogP contribution in [0.15, 0.2) is 95.2 Å². The summed E-state index contributed by atoms with van der Waals surface area (Å²) in [6.45, 7) is 8.50. The van der Waals surface area contributed by atoms with Crippen LogP contribution in [0, 0.1) is 0 Å². The number of amides is 2. The lowest BCUT2D eigenvalue weighted by Gasteiger charge is -2.19. The summed E-state index contributed by atoms with van der Waals surface area (Å²) in [5.41, 5.74) is 5.77. The van der Waals surface area contributed by atoms with E-state index in [0.29, 0.717) is 64.7 Å². The summed E-state index contributed by atoms with van der Waals surface area (Å²) in [5, 5.41) is 24.2. The molecular formula is C45H54N4O11. The molecule has 0 radical (unpaired) electrons. The van der Waals surface area contributed by atoms with Gasteiger partial charge in [-0.1, -0.05) is 54.6 Å². The van der Waals surface area contributed by atoms with Crippen LogP contribution in [-0.4, -0.2) is 102 Å². The lowest BCUT2D eigenvalue weighted by atomic mass is 9.98. The number of methoxy groups -OCH3 is 1. The number of fused-ring (bicyclic) bond motifs is 3. The van der Waals surface area contributed by atoms with Gasteiger partial charge in [-0.25, -0.2) is 14.4 Å². The average Bonchev–Trinajstić information content (AvgIpc) is 3.55. The first kappa shape index (κ1) is 45.1. The number of nitrogens with one attached hydrogen (secondary N) is 2. The van der Waals surface area contributed by atoms with Crippen molar-refractivity contribution in [1.82, 2.24) is 10.6 Å². The highest BCUT2D eigenvalue weighted by Crippen LogP contribution is 2.44. The number of esters is 1. The number of carbonyl (C=O) groups is 3. The molecule has 15 nitrogen and oxygen atoms in total. The Balaban J connectivity index is 1.01. The molecule has 4 aromatic rings. The van der Waals surface area contributed by atoms with Crippen LogP contribution in [0.5, 0.6) is 11.5 Å². The second kappa shape index (κ2) is 22.9. The molecule has 0 bridgehead atoms. The third-order valence-electron chi connectivity index (χ3n) is 9.07. The first-order chi connectivity index (χ1) is 29.0. The van der Waals surface area contributed by atoms with Gasteiger partial charge in [-0.15, -0.1) is 10.2 Å². The van der Waals surface area contributed by atoms with Crippen LogP contribution in [-0.2, 0) is 34.8 Å². The van der Waals surface area contributed by atoms with Gasteiger partial charge in [-0.3, -0.25) is 0 Å². The van der Waals surface area contributed by atoms with Crippen LogP contribution in [0.4, 0.5) is 21.0 Å². The largest absolute Gasteiger partial charge is 0.508 e. The van der Waals surface area contributed by atoms with Crippen molar-refractivity contribution in [3.8, 4) is 22.6 Å². The topological polar surface area (TPSA) is 185 Å². The summed E-state index contributed by atoms with van der Waals surface area (Å²) in [5.74, 6) is -0.342. The average molecular weight is 827 g/mol. The second-order valence-corrected chi connectivity index (χ2v) is 14.7. The highest BCUT2D eigenvalue weighted by molar-refractivity contribution is 5.95. The number of phenols is 1. The molecule has 320 valence electrons. The summed E-state index contributed by atoms with van der Waals surface area (Å²) in [6.07, 6.45) is 0.197. The third kappa shape index (κ3) is 14.1. The molecule has 60 heavy (non-hydrogen) atoms. The molecule has 0 aliphatic heterocycles. The second-order valence-electron chi connectivity index (χ2n) is 14.7. The number of phenolic OH excluding ortho intramolecular Hbond substituents is 1. The number of hydrogen-bond donors (Lipinski definition) is 3. The number of nitrogens with zero attached hydrogens (tertiary/aromatic N) is 2. The summed E-state index contributed by atoms with van der Waals surface area (Å²) >= 11 is 0. The van der Waals surface area contributed by atoms with E-state index in [9.17, 15) is 19.5 Å². The highest BCUT2D eigenvalue weighted by atomic mass is 16.6. The predicted octanol–water partition coefficient (Wildman–Crippen LogP) is 8.02. The monoisotopic (exact) mass is 826 g/mol. The van der Waals surface area contributed by atoms with Gasteiger partial charge in [0.25, 0.3) is 0 Å². The van der Waals surface area contributed by atoms with Crippen molar-refractivity contribution < 1.29 is 52.6 Å². The normalized spacial score (nSPS) is 12.1. The molecule has 0 saturated carbocycles. The Hall–Kier alpha value is -6.03. The van der Waals surface area contributed by atoms with Crippen molar-refractivity contribution in [1.29, 1.82) is 0 Å². The molecule has 0 atom stereocenters. The van der Waals surface area contributed by atoms with Gasteiger partial charge < -0.3 is 48.9 Å². The van der Waals surface area contributed by atoms with Gasteiger partial charge in [0.2, 0.25) is 0 Å². The van der Waals surface area contributed by atoms with Crippen LogP contribution in [0.25, 0.3) is 11.1 Å². The number of alkyl carbamates (subject to hydrolysis) is 2. The van der Waals surface area contributed by atoms with E-state index in [1.807, 2.05) is 30.3 Å². The summed E-state index contributed by atoms with van der Waals surface area (Å²) < 4.78 is 38.2. The third-order valence-corrected chi connectivity index (χ3v) is 9.07. The SMILES string of the molecule is COC(=O)c1cc(CCCNC(=O)OCC2c3ccccc3-c3ccccc32)ccc1N=Nc1ccc(O)cc1OCCOCCOCCOCCNC(=O)OC(C)(C)C. The molecule has 0 aromatic heterocycles. The lowest BCUT2D eigenvalue weighted by Crippen LogP contribution is -2.34. The van der Waals surface area contributed by atoms with Crippen molar-refractivity contribution in [2.75, 3.05) is 73.1 Å². The molecule has 15 heteroatoms. The summed E-state index contributed by atoms with van der Waals surface area (Å²) in [7, 11) is 1.29. The van der Waals surface area contributed by atoms with E-state index >= 15 is 0 Å². The van der Waals surface area contributed by atoms with Crippen LogP contribution in [0.3, 0.4) is 0 Å². The number of aryl methyl sites for hydroxylation is 1. The molecular weight excluding hydrogens is 773 g/mol. The van der Waals surface area contributed by atoms with Crippen LogP contribution in [0.1, 0.15) is 60.2 Å². The number of hydrogen-bond acceptors (Lipinski definition) is 13. The Morgan fingerprint density at radius 1 is 0.700 bits per heavy atom. The Labute approximate surface area is 350 Å². The predicted molar refractivity (Wildman–Crippen MR) is 224 cm³/mol. The number of ether oxygens (including phenoxy) is 7. The van der Waals surface area contributed by atoms with Crippen molar-refractivity contribution in [2.45, 2.75) is 45.1 Å². The minimum absolute atomic E-state index is 0.0196. The molecule has 4 aromatic carbocycles. The van der Waals surface area contributed by atoms with Gasteiger partial charge in [-0.05, 0) is 85.7 Å². The lowest BCUT2D eigenvalue weighted by molar-refractivity contribution is 0.00906. The minimum Gasteiger partial charge on any atom is -0.508 e. The van der Waals surface area contributed by atoms with E-state index in [2.05, 4.69) is 45.1 Å². The zero-order valence-corrected chi connectivity index (χ0v) is 34.6. The van der Waals surface area contributed by atoms with E-state index < -0.39 is 23.8 Å². The Kier molecular flexibility index (Phi) is 17.2. The van der Waals surface area contributed by atoms with Crippen LogP contribution in [0.2, 0.25) is 0 Å². The molecule has 0 unspecified atom stereocenters. The summed E-state index contributed by atoms with van der Waals surface area (Å²) in [4.78, 5) is 37.0. The van der Waals surface area contributed by atoms with Gasteiger partial charge in [0.15, 0.2) is 5.75 Å². The molecule has 3 N–H and O–H groups in total. The minimum atomic E-state index is -0.578. The molecule has 0 saturated heterocycles. The van der Waals surface area contributed by atoms with Gasteiger partial charge >= 0.3 is 18.2 Å². The molecule has 0 heterocycles. The first-order valence-corrected chi connectivity index (χ1v) is 19.9. The zero-order valence-electron chi connectivity index (χ0n) is 34.6. The zero-order chi connectivity index (χ0) is 42.7. The van der Waals surface area contributed by atoms with Crippen molar-refractivity contribution in [3.05, 3.63) is 107 Å². The molecule has 0 fully saturated rings. The van der Waals surface area contributed by atoms with E-state index in [1.54, 1.807) is 39.0 Å². The van der Waals surface area contributed by atoms with Crippen LogP contribution >= 0.6 is 0 Å². The number of carbonyl (C=O) groups excluding carboxylic acids is 3. The first-order valence-electron chi connectivity index (χ1n) is 19.9. The van der Waals surface area contributed by atoms with Crippen molar-refractivity contribution in [2.24, 2.45) is 10.2 Å². The maximum absolute atomic E-state index is 12.8. The Bertz CT molecular complexity index is 2020. The number of aromatic hydroxyl groups is 1. The number of rotatable bonds is 22. The van der Waals surface area contributed by atoms with Gasteiger partial charge in [-0.2, -0.15) is 0 Å². The molecule has 2 amide bonds. The van der Waals surface area contributed by atoms with E-state index in [-0.39, 0.29) is 48.5 Å². The Morgan fingerprint density at radius 3 is 1.97 bits per heavy atom. The van der Waals surface area contributed by atoms with Gasteiger partial charge in [0.1, 0.15) is 35.9 Å². The maximum atomic E-state index is 12.8.